The minimum Gasteiger partial charge on any atom is -0.326 e. The topological polar surface area (TPSA) is 43.8 Å². The van der Waals surface area contributed by atoms with Crippen LogP contribution in [0.15, 0.2) is 0 Å². The number of nitrogens with zero attached hydrogens (tertiary/aromatic N) is 2. The molecule has 1 fully saturated rings. The lowest BCUT2D eigenvalue weighted by molar-refractivity contribution is 0.164. The molecule has 1 aromatic heterocycles. The van der Waals surface area contributed by atoms with Gasteiger partial charge < -0.3 is 5.73 Å². The van der Waals surface area contributed by atoms with Crippen molar-refractivity contribution in [1.82, 2.24) is 9.78 Å². The van der Waals surface area contributed by atoms with Crippen LogP contribution in [0.5, 0.6) is 0 Å². The van der Waals surface area contributed by atoms with Gasteiger partial charge >= 0.3 is 0 Å². The van der Waals surface area contributed by atoms with E-state index < -0.39 is 0 Å². The van der Waals surface area contributed by atoms with Gasteiger partial charge in [0, 0.05) is 11.7 Å². The Balaban J connectivity index is 2.36. The molecule has 102 valence electrons. The average molecular weight is 249 g/mol. The molecule has 0 amide bonds. The Hall–Kier alpha value is -0.830. The molecule has 1 aliphatic carbocycles. The Morgan fingerprint density at radius 3 is 2.44 bits per heavy atom. The fraction of sp³-hybridized carbons (Fsp3) is 0.800. The first-order chi connectivity index (χ1) is 8.45. The van der Waals surface area contributed by atoms with Crippen LogP contribution in [0.1, 0.15) is 56.6 Å². The zero-order valence-electron chi connectivity index (χ0n) is 12.4. The summed E-state index contributed by atoms with van der Waals surface area (Å²) in [6.45, 7) is 11.1. The largest absolute Gasteiger partial charge is 0.326 e. The Labute approximate surface area is 111 Å². The molecular formula is C15H27N3. The molecule has 0 bridgehead atoms. The predicted molar refractivity (Wildman–Crippen MR) is 75.7 cm³/mol. The Kier molecular flexibility index (Phi) is 3.81. The van der Waals surface area contributed by atoms with Gasteiger partial charge in [-0.25, -0.2) is 0 Å². The zero-order valence-corrected chi connectivity index (χ0v) is 12.4. The number of aromatic nitrogens is 2. The highest BCUT2D eigenvalue weighted by Gasteiger charge is 2.34. The molecule has 1 saturated carbocycles. The maximum Gasteiger partial charge on any atom is 0.0698 e. The molecular weight excluding hydrogens is 222 g/mol. The van der Waals surface area contributed by atoms with Crippen LogP contribution in [-0.2, 0) is 6.42 Å². The second-order valence-corrected chi connectivity index (χ2v) is 6.16. The van der Waals surface area contributed by atoms with Gasteiger partial charge in [-0.3, -0.25) is 4.68 Å². The van der Waals surface area contributed by atoms with Crippen LogP contribution in [0.4, 0.5) is 0 Å². The maximum atomic E-state index is 6.40. The molecule has 0 radical (unpaired) electrons. The van der Waals surface area contributed by atoms with E-state index >= 15 is 0 Å². The van der Waals surface area contributed by atoms with E-state index in [0.29, 0.717) is 12.0 Å². The van der Waals surface area contributed by atoms with Crippen LogP contribution >= 0.6 is 0 Å². The SMILES string of the molecule is CCc1c(C)nn(C2C(C)CC(C)CC2N)c1C. The summed E-state index contributed by atoms with van der Waals surface area (Å²) in [6.07, 6.45) is 3.44. The number of aryl methyl sites for hydroxylation is 1. The second-order valence-electron chi connectivity index (χ2n) is 6.16. The third-order valence-corrected chi connectivity index (χ3v) is 4.58. The van der Waals surface area contributed by atoms with Gasteiger partial charge in [0.15, 0.2) is 0 Å². The Bertz CT molecular complexity index is 410. The van der Waals surface area contributed by atoms with Gasteiger partial charge in [0.2, 0.25) is 0 Å². The van der Waals surface area contributed by atoms with E-state index in [1.807, 2.05) is 0 Å². The van der Waals surface area contributed by atoms with Crippen molar-refractivity contribution in [3.63, 3.8) is 0 Å². The molecule has 1 aromatic rings. The van der Waals surface area contributed by atoms with Crippen molar-refractivity contribution < 1.29 is 0 Å². The Morgan fingerprint density at radius 2 is 1.94 bits per heavy atom. The summed E-state index contributed by atoms with van der Waals surface area (Å²) in [7, 11) is 0. The van der Waals surface area contributed by atoms with E-state index in [1.54, 1.807) is 0 Å². The molecule has 2 rings (SSSR count). The fourth-order valence-corrected chi connectivity index (χ4v) is 3.82. The first kappa shape index (κ1) is 13.6. The van der Waals surface area contributed by atoms with E-state index in [4.69, 9.17) is 10.8 Å². The van der Waals surface area contributed by atoms with E-state index in [2.05, 4.69) is 39.3 Å². The van der Waals surface area contributed by atoms with Crippen LogP contribution in [0, 0.1) is 25.7 Å². The highest BCUT2D eigenvalue weighted by atomic mass is 15.3. The summed E-state index contributed by atoms with van der Waals surface area (Å²) in [4.78, 5) is 0. The van der Waals surface area contributed by atoms with Crippen LogP contribution in [0.25, 0.3) is 0 Å². The summed E-state index contributed by atoms with van der Waals surface area (Å²) in [5, 5.41) is 4.77. The number of hydrogen-bond acceptors (Lipinski definition) is 2. The summed E-state index contributed by atoms with van der Waals surface area (Å²) < 4.78 is 2.22. The Morgan fingerprint density at radius 1 is 1.28 bits per heavy atom. The lowest BCUT2D eigenvalue weighted by atomic mass is 9.77. The number of rotatable bonds is 2. The van der Waals surface area contributed by atoms with Gasteiger partial charge in [0.1, 0.15) is 0 Å². The van der Waals surface area contributed by atoms with Crippen LogP contribution in [0.2, 0.25) is 0 Å². The van der Waals surface area contributed by atoms with Crippen molar-refractivity contribution in [2.24, 2.45) is 17.6 Å². The predicted octanol–water partition coefficient (Wildman–Crippen LogP) is 3.00. The molecule has 0 aromatic carbocycles. The summed E-state index contributed by atoms with van der Waals surface area (Å²) in [5.41, 5.74) is 10.3. The monoisotopic (exact) mass is 249 g/mol. The lowest BCUT2D eigenvalue weighted by Gasteiger charge is -2.38. The second kappa shape index (κ2) is 5.04. The van der Waals surface area contributed by atoms with Crippen molar-refractivity contribution in [1.29, 1.82) is 0 Å². The van der Waals surface area contributed by atoms with Crippen molar-refractivity contribution >= 4 is 0 Å². The molecule has 4 unspecified atom stereocenters. The van der Waals surface area contributed by atoms with Gasteiger partial charge in [-0.05, 0) is 50.5 Å². The summed E-state index contributed by atoms with van der Waals surface area (Å²) in [6, 6.07) is 0.617. The normalized spacial score (nSPS) is 32.8. The standard InChI is InChI=1S/C15H27N3/c1-6-13-11(4)17-18(12(13)5)15-10(3)7-9(2)8-14(15)16/h9-10,14-15H,6-8,16H2,1-5H3. The van der Waals surface area contributed by atoms with Crippen LogP contribution < -0.4 is 5.73 Å². The van der Waals surface area contributed by atoms with Crippen LogP contribution in [0.3, 0.4) is 0 Å². The molecule has 3 nitrogen and oxygen atoms in total. The lowest BCUT2D eigenvalue weighted by Crippen LogP contribution is -2.42. The van der Waals surface area contributed by atoms with E-state index in [1.165, 1.54) is 23.4 Å². The summed E-state index contributed by atoms with van der Waals surface area (Å²) in [5.74, 6) is 1.36. The molecule has 0 aliphatic heterocycles. The van der Waals surface area contributed by atoms with E-state index in [-0.39, 0.29) is 6.04 Å². The van der Waals surface area contributed by atoms with E-state index in [0.717, 1.165) is 18.8 Å². The number of nitrogens with two attached hydrogens (primary N) is 1. The number of hydrogen-bond donors (Lipinski definition) is 1. The molecule has 3 heteroatoms. The highest BCUT2D eigenvalue weighted by molar-refractivity contribution is 5.25. The molecule has 18 heavy (non-hydrogen) atoms. The average Bonchev–Trinajstić information content (AvgIpc) is 2.53. The van der Waals surface area contributed by atoms with Gasteiger partial charge in [0.05, 0.1) is 11.7 Å². The third kappa shape index (κ3) is 2.20. The molecule has 0 saturated heterocycles. The van der Waals surface area contributed by atoms with Gasteiger partial charge in [-0.1, -0.05) is 20.8 Å². The molecule has 4 atom stereocenters. The fourth-order valence-electron chi connectivity index (χ4n) is 3.82. The summed E-state index contributed by atoms with van der Waals surface area (Å²) >= 11 is 0. The van der Waals surface area contributed by atoms with E-state index in [9.17, 15) is 0 Å². The molecule has 2 N–H and O–H groups in total. The minimum atomic E-state index is 0.242. The van der Waals surface area contributed by atoms with Crippen LogP contribution in [-0.4, -0.2) is 15.8 Å². The first-order valence-corrected chi connectivity index (χ1v) is 7.25. The molecule has 1 aliphatic rings. The zero-order chi connectivity index (χ0) is 13.4. The van der Waals surface area contributed by atoms with Gasteiger partial charge in [-0.2, -0.15) is 5.10 Å². The first-order valence-electron chi connectivity index (χ1n) is 7.25. The van der Waals surface area contributed by atoms with Crippen molar-refractivity contribution in [2.75, 3.05) is 0 Å². The smallest absolute Gasteiger partial charge is 0.0698 e. The van der Waals surface area contributed by atoms with Crippen molar-refractivity contribution in [3.05, 3.63) is 17.0 Å². The van der Waals surface area contributed by atoms with Crippen molar-refractivity contribution in [3.8, 4) is 0 Å². The van der Waals surface area contributed by atoms with Gasteiger partial charge in [-0.15, -0.1) is 0 Å². The highest BCUT2D eigenvalue weighted by Crippen LogP contribution is 2.37. The quantitative estimate of drug-likeness (QED) is 0.875. The molecule has 0 spiro atoms. The molecule has 1 heterocycles. The maximum absolute atomic E-state index is 6.40. The van der Waals surface area contributed by atoms with Gasteiger partial charge in [0.25, 0.3) is 0 Å². The minimum absolute atomic E-state index is 0.242. The van der Waals surface area contributed by atoms with Crippen molar-refractivity contribution in [2.45, 2.75) is 66.0 Å². The third-order valence-electron chi connectivity index (χ3n) is 4.58.